The molecule has 0 aliphatic carbocycles. The molecule has 110 valence electrons. The quantitative estimate of drug-likeness (QED) is 0.632. The minimum atomic E-state index is -0.0549. The number of carbonyl (C=O) groups excluding carboxylic acids is 1. The van der Waals surface area contributed by atoms with Crippen LogP contribution in [0.15, 0.2) is 48.5 Å². The topological polar surface area (TPSA) is 64.3 Å². The van der Waals surface area contributed by atoms with Crippen LogP contribution >= 0.6 is 0 Å². The Hall–Kier alpha value is -2.49. The van der Waals surface area contributed by atoms with Crippen molar-refractivity contribution in [2.45, 2.75) is 13.3 Å². The highest BCUT2D eigenvalue weighted by Gasteiger charge is 2.05. The number of amides is 1. The van der Waals surface area contributed by atoms with Gasteiger partial charge in [0.2, 0.25) is 5.91 Å². The third-order valence-corrected chi connectivity index (χ3v) is 3.09. The first kappa shape index (κ1) is 14.9. The zero-order valence-corrected chi connectivity index (χ0v) is 12.1. The first-order valence-corrected chi connectivity index (χ1v) is 6.94. The molecule has 2 aromatic rings. The molecular weight excluding hydrogens is 264 g/mol. The van der Waals surface area contributed by atoms with Crippen molar-refractivity contribution in [3.05, 3.63) is 59.7 Å². The van der Waals surface area contributed by atoms with Gasteiger partial charge in [-0.15, -0.1) is 0 Å². The Morgan fingerprint density at radius 2 is 2.00 bits per heavy atom. The lowest BCUT2D eigenvalue weighted by atomic mass is 10.1. The number of hydrogen-bond donors (Lipinski definition) is 2. The molecule has 0 bridgehead atoms. The van der Waals surface area contributed by atoms with E-state index < -0.39 is 0 Å². The van der Waals surface area contributed by atoms with Crippen LogP contribution in [0.4, 0.5) is 5.69 Å². The summed E-state index contributed by atoms with van der Waals surface area (Å²) in [7, 11) is 0. The number of carbonyl (C=O) groups is 1. The van der Waals surface area contributed by atoms with Gasteiger partial charge in [0.15, 0.2) is 0 Å². The zero-order valence-electron chi connectivity index (χ0n) is 12.1. The van der Waals surface area contributed by atoms with Gasteiger partial charge in [0.25, 0.3) is 0 Å². The molecule has 3 N–H and O–H groups in total. The van der Waals surface area contributed by atoms with E-state index in [0.717, 1.165) is 16.9 Å². The molecule has 0 aliphatic rings. The lowest BCUT2D eigenvalue weighted by molar-refractivity contribution is -0.120. The van der Waals surface area contributed by atoms with E-state index in [1.807, 2.05) is 49.4 Å². The number of aryl methyl sites for hydroxylation is 1. The molecule has 0 heterocycles. The van der Waals surface area contributed by atoms with Crippen LogP contribution in [0.5, 0.6) is 5.75 Å². The molecule has 0 aliphatic heterocycles. The largest absolute Gasteiger partial charge is 0.492 e. The van der Waals surface area contributed by atoms with Crippen LogP contribution in [0.2, 0.25) is 0 Å². The Morgan fingerprint density at radius 1 is 1.19 bits per heavy atom. The van der Waals surface area contributed by atoms with Crippen LogP contribution < -0.4 is 15.8 Å². The first-order valence-electron chi connectivity index (χ1n) is 6.94. The Labute approximate surface area is 124 Å². The number of para-hydroxylation sites is 1. The number of rotatable bonds is 6. The standard InChI is InChI=1S/C17H20N2O2/c1-13-5-4-7-15(11-13)21-10-9-19-17(20)12-14-6-2-3-8-16(14)18/h2-8,11H,9-10,12,18H2,1H3,(H,19,20). The van der Waals surface area contributed by atoms with Crippen LogP contribution in [0, 0.1) is 6.92 Å². The summed E-state index contributed by atoms with van der Waals surface area (Å²) in [5.74, 6) is 0.761. The molecule has 0 radical (unpaired) electrons. The fourth-order valence-electron chi connectivity index (χ4n) is 2.00. The molecule has 0 saturated carbocycles. The van der Waals surface area contributed by atoms with Crippen LogP contribution in [0.1, 0.15) is 11.1 Å². The first-order chi connectivity index (χ1) is 10.1. The van der Waals surface area contributed by atoms with E-state index in [-0.39, 0.29) is 12.3 Å². The summed E-state index contributed by atoms with van der Waals surface area (Å²) in [6.07, 6.45) is 0.289. The number of ether oxygens (including phenoxy) is 1. The fraction of sp³-hybridized carbons (Fsp3) is 0.235. The van der Waals surface area contributed by atoms with Gasteiger partial charge in [0.1, 0.15) is 12.4 Å². The number of nitrogens with one attached hydrogen (secondary N) is 1. The summed E-state index contributed by atoms with van der Waals surface area (Å²) in [4.78, 5) is 11.8. The highest BCUT2D eigenvalue weighted by Crippen LogP contribution is 2.12. The van der Waals surface area contributed by atoms with Crippen LogP contribution in [-0.2, 0) is 11.2 Å². The molecule has 0 atom stereocenters. The predicted molar refractivity (Wildman–Crippen MR) is 84.2 cm³/mol. The maximum Gasteiger partial charge on any atom is 0.224 e. The maximum absolute atomic E-state index is 11.8. The average molecular weight is 284 g/mol. The van der Waals surface area contributed by atoms with Gasteiger partial charge in [0.05, 0.1) is 13.0 Å². The van der Waals surface area contributed by atoms with E-state index in [9.17, 15) is 4.79 Å². The van der Waals surface area contributed by atoms with Crippen LogP contribution in [0.25, 0.3) is 0 Å². The van der Waals surface area contributed by atoms with E-state index in [4.69, 9.17) is 10.5 Å². The second-order valence-corrected chi connectivity index (χ2v) is 4.89. The molecule has 0 fully saturated rings. The Morgan fingerprint density at radius 3 is 2.76 bits per heavy atom. The van der Waals surface area contributed by atoms with Crippen molar-refractivity contribution in [3.8, 4) is 5.75 Å². The maximum atomic E-state index is 11.8. The summed E-state index contributed by atoms with van der Waals surface area (Å²) in [6.45, 7) is 2.93. The number of benzene rings is 2. The number of nitrogens with two attached hydrogens (primary N) is 1. The molecule has 1 amide bonds. The van der Waals surface area contributed by atoms with Crippen molar-refractivity contribution in [1.82, 2.24) is 5.32 Å². The molecule has 2 rings (SSSR count). The van der Waals surface area contributed by atoms with Crippen molar-refractivity contribution >= 4 is 11.6 Å². The van der Waals surface area contributed by atoms with Crippen LogP contribution in [0.3, 0.4) is 0 Å². The average Bonchev–Trinajstić information content (AvgIpc) is 2.46. The molecule has 0 saturated heterocycles. The van der Waals surface area contributed by atoms with E-state index in [1.165, 1.54) is 0 Å². The normalized spacial score (nSPS) is 10.1. The van der Waals surface area contributed by atoms with Crippen molar-refractivity contribution in [2.75, 3.05) is 18.9 Å². The number of anilines is 1. The zero-order chi connectivity index (χ0) is 15.1. The Balaban J connectivity index is 1.71. The van der Waals surface area contributed by atoms with Crippen molar-refractivity contribution in [3.63, 3.8) is 0 Å². The van der Waals surface area contributed by atoms with Gasteiger partial charge in [-0.2, -0.15) is 0 Å². The van der Waals surface area contributed by atoms with Gasteiger partial charge >= 0.3 is 0 Å². The summed E-state index contributed by atoms with van der Waals surface area (Å²) in [5, 5.41) is 2.82. The van der Waals surface area contributed by atoms with Gasteiger partial charge in [0, 0.05) is 5.69 Å². The molecule has 0 aromatic heterocycles. The monoisotopic (exact) mass is 284 g/mol. The molecule has 0 spiro atoms. The summed E-state index contributed by atoms with van der Waals surface area (Å²) >= 11 is 0. The third kappa shape index (κ3) is 4.84. The van der Waals surface area contributed by atoms with Crippen molar-refractivity contribution < 1.29 is 9.53 Å². The summed E-state index contributed by atoms with van der Waals surface area (Å²) < 4.78 is 5.57. The number of hydrogen-bond acceptors (Lipinski definition) is 3. The molecule has 2 aromatic carbocycles. The third-order valence-electron chi connectivity index (χ3n) is 3.09. The van der Waals surface area contributed by atoms with Gasteiger partial charge in [-0.3, -0.25) is 4.79 Å². The van der Waals surface area contributed by atoms with E-state index in [0.29, 0.717) is 18.8 Å². The second kappa shape index (κ2) is 7.33. The van der Waals surface area contributed by atoms with E-state index in [1.54, 1.807) is 6.07 Å². The van der Waals surface area contributed by atoms with Gasteiger partial charge in [-0.1, -0.05) is 30.3 Å². The molecule has 4 heteroatoms. The molecule has 4 nitrogen and oxygen atoms in total. The predicted octanol–water partition coefficient (Wildman–Crippen LogP) is 2.31. The van der Waals surface area contributed by atoms with Gasteiger partial charge < -0.3 is 15.8 Å². The second-order valence-electron chi connectivity index (χ2n) is 4.89. The highest BCUT2D eigenvalue weighted by atomic mass is 16.5. The molecule has 0 unspecified atom stereocenters. The lowest BCUT2D eigenvalue weighted by Crippen LogP contribution is -2.29. The van der Waals surface area contributed by atoms with Gasteiger partial charge in [-0.05, 0) is 36.2 Å². The highest BCUT2D eigenvalue weighted by molar-refractivity contribution is 5.80. The Kier molecular flexibility index (Phi) is 5.21. The minimum absolute atomic E-state index is 0.0549. The van der Waals surface area contributed by atoms with Crippen LogP contribution in [-0.4, -0.2) is 19.1 Å². The smallest absolute Gasteiger partial charge is 0.224 e. The van der Waals surface area contributed by atoms with E-state index in [2.05, 4.69) is 5.32 Å². The van der Waals surface area contributed by atoms with Gasteiger partial charge in [-0.25, -0.2) is 0 Å². The summed E-state index contributed by atoms with van der Waals surface area (Å²) in [6, 6.07) is 15.2. The van der Waals surface area contributed by atoms with Crippen molar-refractivity contribution in [2.24, 2.45) is 0 Å². The fourth-order valence-corrected chi connectivity index (χ4v) is 2.00. The summed E-state index contributed by atoms with van der Waals surface area (Å²) in [5.41, 5.74) is 8.44. The molecular formula is C17H20N2O2. The SMILES string of the molecule is Cc1cccc(OCCNC(=O)Cc2ccccc2N)c1. The Bertz CT molecular complexity index is 611. The number of nitrogen functional groups attached to an aromatic ring is 1. The lowest BCUT2D eigenvalue weighted by Gasteiger charge is -2.09. The minimum Gasteiger partial charge on any atom is -0.492 e. The molecule has 21 heavy (non-hydrogen) atoms. The van der Waals surface area contributed by atoms with Crippen molar-refractivity contribution in [1.29, 1.82) is 0 Å². The van der Waals surface area contributed by atoms with E-state index >= 15 is 0 Å².